The van der Waals surface area contributed by atoms with Crippen molar-refractivity contribution in [2.75, 3.05) is 45.2 Å². The number of hydrogen-bond acceptors (Lipinski definition) is 9. The number of nitrogens with one attached hydrogen (secondary N) is 1. The van der Waals surface area contributed by atoms with E-state index in [1.807, 2.05) is 38.1 Å². The summed E-state index contributed by atoms with van der Waals surface area (Å²) in [5.41, 5.74) is 2.43. The number of para-hydroxylation sites is 1. The van der Waals surface area contributed by atoms with E-state index in [1.54, 1.807) is 24.3 Å². The van der Waals surface area contributed by atoms with Crippen LogP contribution in [-0.4, -0.2) is 88.3 Å². The third kappa shape index (κ3) is 5.40. The van der Waals surface area contributed by atoms with E-state index in [0.29, 0.717) is 42.4 Å². The minimum atomic E-state index is -0.534. The van der Waals surface area contributed by atoms with Gasteiger partial charge in [-0.05, 0) is 30.2 Å². The molecule has 0 spiro atoms. The van der Waals surface area contributed by atoms with Gasteiger partial charge in [-0.2, -0.15) is 0 Å². The van der Waals surface area contributed by atoms with Gasteiger partial charge in [0.25, 0.3) is 11.8 Å². The summed E-state index contributed by atoms with van der Waals surface area (Å²) in [7, 11) is 1.39. The maximum atomic E-state index is 12.8. The number of imide groups is 1. The van der Waals surface area contributed by atoms with Crippen molar-refractivity contribution in [1.82, 2.24) is 24.7 Å². The number of esters is 1. The fourth-order valence-electron chi connectivity index (χ4n) is 5.16. The number of hydrogen-bond donors (Lipinski definition) is 1. The second-order valence-electron chi connectivity index (χ2n) is 10.5. The first-order chi connectivity index (χ1) is 19.3. The van der Waals surface area contributed by atoms with Crippen LogP contribution in [0.15, 0.2) is 60.8 Å². The smallest absolute Gasteiger partial charge is 0.328 e. The van der Waals surface area contributed by atoms with Crippen LogP contribution >= 0.6 is 0 Å². The summed E-state index contributed by atoms with van der Waals surface area (Å²) >= 11 is 0. The lowest BCUT2D eigenvalue weighted by molar-refractivity contribution is -0.142. The van der Waals surface area contributed by atoms with Crippen molar-refractivity contribution in [2.45, 2.75) is 26.4 Å². The van der Waals surface area contributed by atoms with Crippen molar-refractivity contribution < 1.29 is 19.1 Å². The molecular formula is C30H34N6O4. The number of benzene rings is 2. The Morgan fingerprint density at radius 3 is 2.23 bits per heavy atom. The highest BCUT2D eigenvalue weighted by atomic mass is 16.5. The molecule has 2 aromatic carbocycles. The maximum absolute atomic E-state index is 12.8. The normalized spacial score (nSPS) is 16.4. The van der Waals surface area contributed by atoms with Crippen molar-refractivity contribution in [1.29, 1.82) is 0 Å². The molecule has 2 aliphatic heterocycles. The first-order valence-electron chi connectivity index (χ1n) is 13.5. The average molecular weight is 543 g/mol. The molecule has 1 fully saturated rings. The molecular weight excluding hydrogens is 508 g/mol. The predicted octanol–water partition coefficient (Wildman–Crippen LogP) is 3.17. The molecule has 0 radical (unpaired) electrons. The van der Waals surface area contributed by atoms with Crippen LogP contribution in [0.25, 0.3) is 10.9 Å². The Balaban J connectivity index is 1.23. The Hall–Kier alpha value is -4.31. The highest BCUT2D eigenvalue weighted by molar-refractivity contribution is 6.21. The summed E-state index contributed by atoms with van der Waals surface area (Å²) in [6, 6.07) is 14.1. The molecule has 0 bridgehead atoms. The third-order valence-corrected chi connectivity index (χ3v) is 7.47. The largest absolute Gasteiger partial charge is 0.467 e. The summed E-state index contributed by atoms with van der Waals surface area (Å²) in [5.74, 6) is 0.391. The van der Waals surface area contributed by atoms with Gasteiger partial charge >= 0.3 is 5.97 Å². The summed E-state index contributed by atoms with van der Waals surface area (Å²) in [5, 5.41) is 4.14. The topological polar surface area (TPSA) is 108 Å². The van der Waals surface area contributed by atoms with Crippen molar-refractivity contribution in [2.24, 2.45) is 5.92 Å². The number of piperazine rings is 1. The molecule has 5 rings (SSSR count). The Labute approximate surface area is 233 Å². The van der Waals surface area contributed by atoms with Crippen molar-refractivity contribution in [3.8, 4) is 0 Å². The molecule has 1 aromatic heterocycles. The van der Waals surface area contributed by atoms with Crippen LogP contribution in [0.5, 0.6) is 0 Å². The predicted molar refractivity (Wildman–Crippen MR) is 152 cm³/mol. The van der Waals surface area contributed by atoms with E-state index < -0.39 is 6.04 Å². The van der Waals surface area contributed by atoms with Gasteiger partial charge in [-0.3, -0.25) is 19.4 Å². The van der Waals surface area contributed by atoms with E-state index in [0.717, 1.165) is 29.7 Å². The zero-order chi connectivity index (χ0) is 28.4. The van der Waals surface area contributed by atoms with Gasteiger partial charge < -0.3 is 15.0 Å². The fraction of sp³-hybridized carbons (Fsp3) is 0.367. The van der Waals surface area contributed by atoms with Gasteiger partial charge in [-0.25, -0.2) is 14.8 Å². The van der Waals surface area contributed by atoms with E-state index in [-0.39, 0.29) is 30.2 Å². The lowest BCUT2D eigenvalue weighted by Gasteiger charge is -2.37. The minimum absolute atomic E-state index is 0.00566. The zero-order valence-corrected chi connectivity index (χ0v) is 23.1. The molecule has 1 saturated heterocycles. The lowest BCUT2D eigenvalue weighted by atomic mass is 10.0. The number of amides is 2. The molecule has 208 valence electrons. The van der Waals surface area contributed by atoms with E-state index in [4.69, 9.17) is 14.7 Å². The quantitative estimate of drug-likeness (QED) is 0.322. The number of ether oxygens (including phenoxy) is 1. The van der Waals surface area contributed by atoms with Crippen LogP contribution in [0.1, 0.15) is 40.4 Å². The fourth-order valence-corrected chi connectivity index (χ4v) is 5.16. The molecule has 2 amide bonds. The summed E-state index contributed by atoms with van der Waals surface area (Å²) in [4.78, 5) is 53.2. The Morgan fingerprint density at radius 1 is 0.975 bits per heavy atom. The highest BCUT2D eigenvalue weighted by Gasteiger charge is 2.36. The van der Waals surface area contributed by atoms with Crippen molar-refractivity contribution in [3.05, 3.63) is 77.8 Å². The van der Waals surface area contributed by atoms with Gasteiger partial charge in [-0.15, -0.1) is 0 Å². The molecule has 0 unspecified atom stereocenters. The van der Waals surface area contributed by atoms with Gasteiger partial charge in [0.05, 0.1) is 36.8 Å². The standard InChI is InChI=1S/C30H34N6O4/c1-19(2)26(30(39)40-4)33-27-23-11-7-8-12-24(23)31-25(32-27)18-34-13-15-35(16-14-34)20(3)17-36-28(37)21-9-5-6-10-22(21)29(36)38/h5-12,19,26H,3,13-18H2,1-2,4H3,(H,31,32,33)/t26-/m0/s1. The van der Waals surface area contributed by atoms with Gasteiger partial charge in [0.2, 0.25) is 0 Å². The van der Waals surface area contributed by atoms with E-state index in [2.05, 4.69) is 21.7 Å². The third-order valence-electron chi connectivity index (χ3n) is 7.47. The number of methoxy groups -OCH3 is 1. The van der Waals surface area contributed by atoms with Crippen LogP contribution in [0.2, 0.25) is 0 Å². The van der Waals surface area contributed by atoms with Crippen LogP contribution in [0.4, 0.5) is 5.82 Å². The van der Waals surface area contributed by atoms with Gasteiger partial charge in [-0.1, -0.05) is 44.7 Å². The number of fused-ring (bicyclic) bond motifs is 2. The SMILES string of the molecule is C=C(CN1C(=O)c2ccccc2C1=O)N1CCN(Cc2nc(N[C@H](C(=O)OC)C(C)C)c3ccccc3n2)CC1. The number of aromatic nitrogens is 2. The monoisotopic (exact) mass is 542 g/mol. The van der Waals surface area contributed by atoms with Gasteiger partial charge in [0.1, 0.15) is 17.7 Å². The summed E-state index contributed by atoms with van der Waals surface area (Å²) in [6.07, 6.45) is 0. The molecule has 2 aliphatic rings. The molecule has 1 atom stereocenters. The van der Waals surface area contributed by atoms with Crippen LogP contribution in [0, 0.1) is 5.92 Å². The van der Waals surface area contributed by atoms with E-state index in [9.17, 15) is 14.4 Å². The molecule has 10 heteroatoms. The number of rotatable bonds is 9. The highest BCUT2D eigenvalue weighted by Crippen LogP contribution is 2.25. The molecule has 0 aliphatic carbocycles. The second kappa shape index (κ2) is 11.4. The Morgan fingerprint density at radius 2 is 1.60 bits per heavy atom. The maximum Gasteiger partial charge on any atom is 0.328 e. The van der Waals surface area contributed by atoms with Crippen LogP contribution in [0.3, 0.4) is 0 Å². The molecule has 3 aromatic rings. The first-order valence-corrected chi connectivity index (χ1v) is 13.5. The zero-order valence-electron chi connectivity index (χ0n) is 23.1. The van der Waals surface area contributed by atoms with Gasteiger partial charge in [0.15, 0.2) is 0 Å². The van der Waals surface area contributed by atoms with Gasteiger partial charge in [0, 0.05) is 37.3 Å². The van der Waals surface area contributed by atoms with Crippen molar-refractivity contribution >= 4 is 34.5 Å². The van der Waals surface area contributed by atoms with Crippen LogP contribution in [-0.2, 0) is 16.1 Å². The number of anilines is 1. The summed E-state index contributed by atoms with van der Waals surface area (Å²) in [6.45, 7) is 11.7. The Bertz CT molecular complexity index is 1430. The lowest BCUT2D eigenvalue weighted by Crippen LogP contribution is -2.47. The number of carbonyl (C=O) groups excluding carboxylic acids is 3. The van der Waals surface area contributed by atoms with E-state index in [1.165, 1.54) is 12.0 Å². The molecule has 1 N–H and O–H groups in total. The summed E-state index contributed by atoms with van der Waals surface area (Å²) < 4.78 is 5.00. The second-order valence-corrected chi connectivity index (χ2v) is 10.5. The first kappa shape index (κ1) is 27.3. The van der Waals surface area contributed by atoms with E-state index >= 15 is 0 Å². The number of nitrogens with zero attached hydrogens (tertiary/aromatic N) is 5. The molecule has 0 saturated carbocycles. The van der Waals surface area contributed by atoms with Crippen LogP contribution < -0.4 is 5.32 Å². The minimum Gasteiger partial charge on any atom is -0.467 e. The Kier molecular flexibility index (Phi) is 7.79. The average Bonchev–Trinajstić information content (AvgIpc) is 3.20. The molecule has 3 heterocycles. The number of carbonyl (C=O) groups is 3. The molecule has 40 heavy (non-hydrogen) atoms. The molecule has 10 nitrogen and oxygen atoms in total. The van der Waals surface area contributed by atoms with Crippen molar-refractivity contribution in [3.63, 3.8) is 0 Å².